The van der Waals surface area contributed by atoms with Gasteiger partial charge in [0.1, 0.15) is 12.4 Å². The molecule has 0 radical (unpaired) electrons. The zero-order valence-electron chi connectivity index (χ0n) is 21.7. The highest BCUT2D eigenvalue weighted by Crippen LogP contribution is 2.18. The Morgan fingerprint density at radius 1 is 0.895 bits per heavy atom. The molecule has 0 aromatic heterocycles. The van der Waals surface area contributed by atoms with Crippen molar-refractivity contribution in [2.45, 2.75) is 25.5 Å². The maximum atomic E-state index is 10.4. The fraction of sp³-hybridized carbons (Fsp3) is 0.379. The molecular formula is C29H39Cl4N3O2. The van der Waals surface area contributed by atoms with Gasteiger partial charge in [0.05, 0.1) is 6.10 Å². The van der Waals surface area contributed by atoms with Crippen molar-refractivity contribution in [2.24, 2.45) is 0 Å². The van der Waals surface area contributed by atoms with Crippen LogP contribution in [-0.4, -0.2) is 61.9 Å². The third-order valence-corrected chi connectivity index (χ3v) is 6.76. The van der Waals surface area contributed by atoms with E-state index in [-0.39, 0.29) is 43.3 Å². The third kappa shape index (κ3) is 10.8. The SMILES string of the molecule is CC(Cc1ccc(OCCN2CCN(c3ccccc3)CC2)cc1)NCC(O)c1cccc(Cl)c1.Cl.Cl.Cl. The van der Waals surface area contributed by atoms with Gasteiger partial charge < -0.3 is 20.1 Å². The second-order valence-electron chi connectivity index (χ2n) is 9.24. The summed E-state index contributed by atoms with van der Waals surface area (Å²) in [5, 5.41) is 14.5. The Morgan fingerprint density at radius 2 is 1.58 bits per heavy atom. The van der Waals surface area contributed by atoms with Gasteiger partial charge in [0.2, 0.25) is 0 Å². The average molecular weight is 603 g/mol. The molecule has 0 amide bonds. The lowest BCUT2D eigenvalue weighted by molar-refractivity contribution is 0.170. The number of nitrogens with one attached hydrogen (secondary N) is 1. The van der Waals surface area contributed by atoms with Crippen molar-refractivity contribution in [3.05, 3.63) is 95.0 Å². The van der Waals surface area contributed by atoms with Gasteiger partial charge in [0, 0.05) is 56.0 Å². The van der Waals surface area contributed by atoms with Crippen LogP contribution in [0.5, 0.6) is 5.75 Å². The zero-order chi connectivity index (χ0) is 24.5. The maximum Gasteiger partial charge on any atom is 0.119 e. The van der Waals surface area contributed by atoms with Gasteiger partial charge in [0.15, 0.2) is 0 Å². The molecule has 210 valence electrons. The molecule has 9 heteroatoms. The summed E-state index contributed by atoms with van der Waals surface area (Å²) in [5.41, 5.74) is 3.38. The first-order valence-electron chi connectivity index (χ1n) is 12.5. The fourth-order valence-corrected chi connectivity index (χ4v) is 4.65. The molecule has 0 spiro atoms. The molecule has 0 saturated carbocycles. The van der Waals surface area contributed by atoms with Crippen LogP contribution in [0.15, 0.2) is 78.9 Å². The van der Waals surface area contributed by atoms with Crippen LogP contribution >= 0.6 is 48.8 Å². The van der Waals surface area contributed by atoms with Crippen LogP contribution in [-0.2, 0) is 6.42 Å². The Bertz CT molecular complexity index is 1040. The molecule has 1 heterocycles. The largest absolute Gasteiger partial charge is 0.492 e. The Kier molecular flexibility index (Phi) is 16.1. The highest BCUT2D eigenvalue weighted by Gasteiger charge is 2.17. The summed E-state index contributed by atoms with van der Waals surface area (Å²) in [6.07, 6.45) is 0.307. The molecule has 2 atom stereocenters. The van der Waals surface area contributed by atoms with Crippen LogP contribution in [0, 0.1) is 0 Å². The smallest absolute Gasteiger partial charge is 0.119 e. The van der Waals surface area contributed by atoms with E-state index in [0.717, 1.165) is 50.5 Å². The number of hydrogen-bond acceptors (Lipinski definition) is 5. The molecule has 1 saturated heterocycles. The van der Waals surface area contributed by atoms with Crippen molar-refractivity contribution < 1.29 is 9.84 Å². The van der Waals surface area contributed by atoms with Crippen LogP contribution in [0.3, 0.4) is 0 Å². The number of para-hydroxylation sites is 1. The number of aliphatic hydroxyl groups excluding tert-OH is 1. The second-order valence-corrected chi connectivity index (χ2v) is 9.68. The number of benzene rings is 3. The topological polar surface area (TPSA) is 48.0 Å². The van der Waals surface area contributed by atoms with Gasteiger partial charge in [-0.1, -0.05) is 54.1 Å². The van der Waals surface area contributed by atoms with E-state index >= 15 is 0 Å². The first-order chi connectivity index (χ1) is 17.1. The fourth-order valence-electron chi connectivity index (χ4n) is 4.45. The number of nitrogens with zero attached hydrogens (tertiary/aromatic N) is 2. The molecule has 1 aliphatic rings. The second kappa shape index (κ2) is 17.8. The van der Waals surface area contributed by atoms with Crippen LogP contribution in [0.2, 0.25) is 5.02 Å². The van der Waals surface area contributed by atoms with Gasteiger partial charge in [-0.05, 0) is 60.9 Å². The molecule has 38 heavy (non-hydrogen) atoms. The summed E-state index contributed by atoms with van der Waals surface area (Å²) >= 11 is 6.02. The number of rotatable bonds is 11. The van der Waals surface area contributed by atoms with E-state index in [1.165, 1.54) is 11.3 Å². The Hall–Kier alpha value is -1.70. The minimum Gasteiger partial charge on any atom is -0.492 e. The quantitative estimate of drug-likeness (QED) is 0.279. The first-order valence-corrected chi connectivity index (χ1v) is 12.9. The summed E-state index contributed by atoms with van der Waals surface area (Å²) in [5.74, 6) is 0.911. The summed E-state index contributed by atoms with van der Waals surface area (Å²) in [4.78, 5) is 4.92. The first kappa shape index (κ1) is 34.3. The van der Waals surface area contributed by atoms with E-state index in [1.807, 2.05) is 24.3 Å². The van der Waals surface area contributed by atoms with Crippen LogP contribution in [0.1, 0.15) is 24.2 Å². The Labute approximate surface area is 250 Å². The lowest BCUT2D eigenvalue weighted by atomic mass is 10.1. The molecule has 1 aliphatic heterocycles. The molecule has 5 nitrogen and oxygen atoms in total. The summed E-state index contributed by atoms with van der Waals surface area (Å²) in [6.45, 7) is 8.50. The molecule has 2 unspecified atom stereocenters. The van der Waals surface area contributed by atoms with Crippen LogP contribution < -0.4 is 15.0 Å². The predicted octanol–water partition coefficient (Wildman–Crippen LogP) is 6.06. The molecule has 2 N–H and O–H groups in total. The Morgan fingerprint density at radius 3 is 2.24 bits per heavy atom. The van der Waals surface area contributed by atoms with E-state index in [2.05, 4.69) is 76.6 Å². The summed E-state index contributed by atoms with van der Waals surface area (Å²) in [6, 6.07) is 26.6. The molecule has 3 aromatic carbocycles. The lowest BCUT2D eigenvalue weighted by Crippen LogP contribution is -2.47. The van der Waals surface area contributed by atoms with E-state index in [0.29, 0.717) is 18.2 Å². The van der Waals surface area contributed by atoms with Gasteiger partial charge >= 0.3 is 0 Å². The third-order valence-electron chi connectivity index (χ3n) is 6.53. The van der Waals surface area contributed by atoms with Crippen molar-refractivity contribution in [1.82, 2.24) is 10.2 Å². The van der Waals surface area contributed by atoms with Gasteiger partial charge in [0.25, 0.3) is 0 Å². The van der Waals surface area contributed by atoms with Crippen molar-refractivity contribution in [1.29, 1.82) is 0 Å². The summed E-state index contributed by atoms with van der Waals surface area (Å²) < 4.78 is 6.00. The number of halogens is 4. The molecule has 3 aromatic rings. The van der Waals surface area contributed by atoms with Crippen molar-refractivity contribution in [2.75, 3.05) is 50.8 Å². The van der Waals surface area contributed by atoms with Gasteiger partial charge in [-0.25, -0.2) is 0 Å². The van der Waals surface area contributed by atoms with Gasteiger partial charge in [-0.3, -0.25) is 4.90 Å². The van der Waals surface area contributed by atoms with Gasteiger partial charge in [-0.2, -0.15) is 0 Å². The zero-order valence-corrected chi connectivity index (χ0v) is 24.9. The standard InChI is InChI=1S/C29H36ClN3O2.3ClH/c1-23(31-22-29(34)25-6-5-7-26(30)21-25)20-24-10-12-28(13-11-24)35-19-18-32-14-16-33(17-15-32)27-8-3-2-4-9-27;;;/h2-13,21,23,29,31,34H,14-20,22H2,1H3;3*1H. The van der Waals surface area contributed by atoms with E-state index in [9.17, 15) is 5.11 Å². The molecule has 1 fully saturated rings. The van der Waals surface area contributed by atoms with E-state index < -0.39 is 6.10 Å². The Balaban J connectivity index is 0.00000241. The van der Waals surface area contributed by atoms with Crippen molar-refractivity contribution in [3.63, 3.8) is 0 Å². The normalized spacial score (nSPS) is 14.9. The van der Waals surface area contributed by atoms with Crippen molar-refractivity contribution >= 4 is 54.5 Å². The monoisotopic (exact) mass is 601 g/mol. The van der Waals surface area contributed by atoms with Crippen molar-refractivity contribution in [3.8, 4) is 5.75 Å². The van der Waals surface area contributed by atoms with Crippen LogP contribution in [0.4, 0.5) is 5.69 Å². The number of piperazine rings is 1. The van der Waals surface area contributed by atoms with E-state index in [4.69, 9.17) is 16.3 Å². The van der Waals surface area contributed by atoms with Crippen LogP contribution in [0.25, 0.3) is 0 Å². The average Bonchev–Trinajstić information content (AvgIpc) is 2.89. The molecule has 0 aliphatic carbocycles. The molecular weight excluding hydrogens is 564 g/mol. The van der Waals surface area contributed by atoms with E-state index in [1.54, 1.807) is 0 Å². The number of ether oxygens (including phenoxy) is 1. The number of anilines is 1. The summed E-state index contributed by atoms with van der Waals surface area (Å²) in [7, 11) is 0. The highest BCUT2D eigenvalue weighted by atomic mass is 35.5. The lowest BCUT2D eigenvalue weighted by Gasteiger charge is -2.36. The molecule has 4 rings (SSSR count). The van der Waals surface area contributed by atoms with Gasteiger partial charge in [-0.15, -0.1) is 37.2 Å². The minimum atomic E-state index is -0.576. The molecule has 0 bridgehead atoms. The maximum absolute atomic E-state index is 10.4. The highest BCUT2D eigenvalue weighted by molar-refractivity contribution is 6.30. The number of hydrogen-bond donors (Lipinski definition) is 2. The predicted molar refractivity (Wildman–Crippen MR) is 166 cm³/mol. The minimum absolute atomic E-state index is 0. The number of aliphatic hydroxyl groups is 1.